The maximum absolute atomic E-state index is 12.9. The molecule has 1 fully saturated rings. The molecule has 1 amide bonds. The normalized spacial score (nSPS) is 20.8. The molecule has 1 saturated carbocycles. The van der Waals surface area contributed by atoms with Crippen molar-refractivity contribution in [3.8, 4) is 11.3 Å². The molecule has 3 rings (SSSR count). The van der Waals surface area contributed by atoms with Gasteiger partial charge in [0.15, 0.2) is 0 Å². The van der Waals surface area contributed by atoms with E-state index >= 15 is 0 Å². The number of amides is 1. The van der Waals surface area contributed by atoms with E-state index in [-0.39, 0.29) is 18.6 Å². The fourth-order valence-corrected chi connectivity index (χ4v) is 4.08. The van der Waals surface area contributed by atoms with Gasteiger partial charge in [0.2, 0.25) is 0 Å². The number of pyridine rings is 1. The molecule has 0 saturated heterocycles. The van der Waals surface area contributed by atoms with E-state index in [0.717, 1.165) is 42.6 Å². The van der Waals surface area contributed by atoms with Crippen LogP contribution in [0, 0.1) is 12.8 Å². The number of hydrogen-bond acceptors (Lipinski definition) is 4. The predicted molar refractivity (Wildman–Crippen MR) is 97.2 cm³/mol. The molecule has 0 atom stereocenters. The second-order valence-electron chi connectivity index (χ2n) is 6.61. The van der Waals surface area contributed by atoms with E-state index in [1.54, 1.807) is 11.3 Å². The summed E-state index contributed by atoms with van der Waals surface area (Å²) in [5.41, 5.74) is 3.47. The topological polar surface area (TPSA) is 53.4 Å². The molecule has 1 N–H and O–H groups in total. The first kappa shape index (κ1) is 17.1. The van der Waals surface area contributed by atoms with Crippen LogP contribution in [0.15, 0.2) is 29.0 Å². The minimum atomic E-state index is 0.0457. The van der Waals surface area contributed by atoms with Crippen LogP contribution in [0.4, 0.5) is 0 Å². The number of rotatable bonds is 4. The number of carbonyl (C=O) groups excluding carboxylic acids is 1. The van der Waals surface area contributed by atoms with Crippen molar-refractivity contribution >= 4 is 17.2 Å². The van der Waals surface area contributed by atoms with Crippen LogP contribution in [0.5, 0.6) is 0 Å². The van der Waals surface area contributed by atoms with Crippen molar-refractivity contribution in [1.82, 2.24) is 9.88 Å². The Morgan fingerprint density at radius 2 is 2.04 bits per heavy atom. The summed E-state index contributed by atoms with van der Waals surface area (Å²) in [6.07, 6.45) is 3.92. The Morgan fingerprint density at radius 1 is 1.29 bits per heavy atom. The highest BCUT2D eigenvalue weighted by atomic mass is 32.1. The highest BCUT2D eigenvalue weighted by Crippen LogP contribution is 2.28. The van der Waals surface area contributed by atoms with Crippen molar-refractivity contribution in [1.29, 1.82) is 0 Å². The molecule has 24 heavy (non-hydrogen) atoms. The Kier molecular flexibility index (Phi) is 5.31. The Morgan fingerprint density at radius 3 is 2.62 bits per heavy atom. The monoisotopic (exact) mass is 344 g/mol. The van der Waals surface area contributed by atoms with Crippen LogP contribution in [0.2, 0.25) is 0 Å². The maximum atomic E-state index is 12.9. The molecule has 5 heteroatoms. The average Bonchev–Trinajstić information content (AvgIpc) is 3.15. The average molecular weight is 344 g/mol. The summed E-state index contributed by atoms with van der Waals surface area (Å²) in [6, 6.07) is 6.13. The first-order valence-electron chi connectivity index (χ1n) is 8.48. The predicted octanol–water partition coefficient (Wildman–Crippen LogP) is 3.74. The third-order valence-corrected chi connectivity index (χ3v) is 5.76. The molecule has 0 spiro atoms. The van der Waals surface area contributed by atoms with Crippen molar-refractivity contribution in [2.75, 3.05) is 13.7 Å². The fourth-order valence-electron chi connectivity index (χ4n) is 3.43. The standard InChI is InChI=1S/C19H24N2O2S/c1-13-17(7-8-18(20-13)15-9-10-24-12-15)19(23)21(2)16-5-3-14(11-22)4-6-16/h7-10,12,14,16,22H,3-6,11H2,1-2H3. The lowest BCUT2D eigenvalue weighted by Gasteiger charge is -2.34. The summed E-state index contributed by atoms with van der Waals surface area (Å²) in [6.45, 7) is 2.16. The SMILES string of the molecule is Cc1nc(-c2ccsc2)ccc1C(=O)N(C)C1CCC(CO)CC1. The number of hydrogen-bond donors (Lipinski definition) is 1. The van der Waals surface area contributed by atoms with E-state index in [4.69, 9.17) is 0 Å². The van der Waals surface area contributed by atoms with Gasteiger partial charge < -0.3 is 10.0 Å². The molecular weight excluding hydrogens is 320 g/mol. The van der Waals surface area contributed by atoms with E-state index in [2.05, 4.69) is 10.4 Å². The maximum Gasteiger partial charge on any atom is 0.255 e. The van der Waals surface area contributed by atoms with Gasteiger partial charge in [-0.2, -0.15) is 11.3 Å². The summed E-state index contributed by atoms with van der Waals surface area (Å²) < 4.78 is 0. The zero-order valence-electron chi connectivity index (χ0n) is 14.2. The van der Waals surface area contributed by atoms with Gasteiger partial charge in [-0.05, 0) is 62.1 Å². The molecule has 0 aromatic carbocycles. The van der Waals surface area contributed by atoms with Gasteiger partial charge in [-0.15, -0.1) is 0 Å². The molecule has 0 bridgehead atoms. The highest BCUT2D eigenvalue weighted by Gasteiger charge is 2.27. The van der Waals surface area contributed by atoms with Gasteiger partial charge in [0.1, 0.15) is 0 Å². The second kappa shape index (κ2) is 7.45. The second-order valence-corrected chi connectivity index (χ2v) is 7.39. The molecule has 4 nitrogen and oxygen atoms in total. The molecule has 2 aromatic heterocycles. The van der Waals surface area contributed by atoms with Crippen molar-refractivity contribution < 1.29 is 9.90 Å². The van der Waals surface area contributed by atoms with E-state index < -0.39 is 0 Å². The van der Waals surface area contributed by atoms with Gasteiger partial charge in [-0.1, -0.05) is 0 Å². The van der Waals surface area contributed by atoms with E-state index in [9.17, 15) is 9.90 Å². The van der Waals surface area contributed by atoms with Gasteiger partial charge in [0, 0.05) is 30.6 Å². The van der Waals surface area contributed by atoms with Gasteiger partial charge in [-0.25, -0.2) is 0 Å². The summed E-state index contributed by atoms with van der Waals surface area (Å²) in [5.74, 6) is 0.447. The van der Waals surface area contributed by atoms with Gasteiger partial charge in [0.25, 0.3) is 5.91 Å². The Hall–Kier alpha value is -1.72. The number of aliphatic hydroxyl groups excluding tert-OH is 1. The summed E-state index contributed by atoms with van der Waals surface area (Å²) >= 11 is 1.64. The molecule has 0 aliphatic heterocycles. The van der Waals surface area contributed by atoms with Crippen LogP contribution >= 0.6 is 11.3 Å². The fraction of sp³-hybridized carbons (Fsp3) is 0.474. The number of thiophene rings is 1. The Balaban J connectivity index is 1.73. The third kappa shape index (κ3) is 3.52. The third-order valence-electron chi connectivity index (χ3n) is 5.08. The molecule has 2 aromatic rings. The molecule has 128 valence electrons. The number of carbonyl (C=O) groups is 1. The largest absolute Gasteiger partial charge is 0.396 e. The molecule has 1 aliphatic carbocycles. The van der Waals surface area contributed by atoms with E-state index in [1.807, 2.05) is 42.5 Å². The molecular formula is C19H24N2O2S. The van der Waals surface area contributed by atoms with Crippen LogP contribution in [-0.4, -0.2) is 40.6 Å². The number of aryl methyl sites for hydroxylation is 1. The van der Waals surface area contributed by atoms with Crippen LogP contribution in [0.3, 0.4) is 0 Å². The summed E-state index contributed by atoms with van der Waals surface area (Å²) in [5, 5.41) is 13.3. The summed E-state index contributed by atoms with van der Waals surface area (Å²) in [4.78, 5) is 19.3. The van der Waals surface area contributed by atoms with E-state index in [1.165, 1.54) is 0 Å². The molecule has 0 radical (unpaired) electrons. The minimum absolute atomic E-state index is 0.0457. The quantitative estimate of drug-likeness (QED) is 0.919. The van der Waals surface area contributed by atoms with Crippen molar-refractivity contribution in [2.45, 2.75) is 38.6 Å². The van der Waals surface area contributed by atoms with Crippen LogP contribution in [0.25, 0.3) is 11.3 Å². The number of aliphatic hydroxyl groups is 1. The zero-order chi connectivity index (χ0) is 17.1. The van der Waals surface area contributed by atoms with Crippen LogP contribution < -0.4 is 0 Å². The minimum Gasteiger partial charge on any atom is -0.396 e. The van der Waals surface area contributed by atoms with Gasteiger partial charge in [0.05, 0.1) is 17.0 Å². The van der Waals surface area contributed by atoms with E-state index in [0.29, 0.717) is 11.5 Å². The molecule has 1 aliphatic rings. The molecule has 2 heterocycles. The van der Waals surface area contributed by atoms with Crippen molar-refractivity contribution in [3.63, 3.8) is 0 Å². The summed E-state index contributed by atoms with van der Waals surface area (Å²) in [7, 11) is 1.89. The zero-order valence-corrected chi connectivity index (χ0v) is 15.1. The Labute approximate surface area is 147 Å². The lowest BCUT2D eigenvalue weighted by molar-refractivity contribution is 0.0651. The van der Waals surface area contributed by atoms with Crippen LogP contribution in [-0.2, 0) is 0 Å². The number of nitrogens with zero attached hydrogens (tertiary/aromatic N) is 2. The first-order valence-corrected chi connectivity index (χ1v) is 9.42. The first-order chi connectivity index (χ1) is 11.6. The van der Waals surface area contributed by atoms with Crippen molar-refractivity contribution in [2.24, 2.45) is 5.92 Å². The van der Waals surface area contributed by atoms with Crippen LogP contribution in [0.1, 0.15) is 41.7 Å². The van der Waals surface area contributed by atoms with Gasteiger partial charge >= 0.3 is 0 Å². The number of aromatic nitrogens is 1. The molecule has 0 unspecified atom stereocenters. The smallest absolute Gasteiger partial charge is 0.255 e. The van der Waals surface area contributed by atoms with Gasteiger partial charge in [-0.3, -0.25) is 9.78 Å². The lowest BCUT2D eigenvalue weighted by Crippen LogP contribution is -2.40. The lowest BCUT2D eigenvalue weighted by atomic mass is 9.86. The van der Waals surface area contributed by atoms with Crippen molar-refractivity contribution in [3.05, 3.63) is 40.2 Å². The Bertz CT molecular complexity index is 691. The highest BCUT2D eigenvalue weighted by molar-refractivity contribution is 7.08.